The van der Waals surface area contributed by atoms with Gasteiger partial charge in [-0.2, -0.15) is 0 Å². The first-order chi connectivity index (χ1) is 10.8. The largest absolute Gasteiger partial charge is 0.464 e. The third-order valence-corrected chi connectivity index (χ3v) is 4.17. The number of hydrogen-bond acceptors (Lipinski definition) is 3. The van der Waals surface area contributed by atoms with E-state index < -0.39 is 6.04 Å². The van der Waals surface area contributed by atoms with E-state index in [1.807, 2.05) is 27.7 Å². The maximum atomic E-state index is 12.6. The topological polar surface area (TPSA) is 46.6 Å². The van der Waals surface area contributed by atoms with Crippen LogP contribution in [0.5, 0.6) is 0 Å². The van der Waals surface area contributed by atoms with Crippen LogP contribution in [-0.2, 0) is 14.3 Å². The molecule has 4 nitrogen and oxygen atoms in total. The van der Waals surface area contributed by atoms with Crippen molar-refractivity contribution >= 4 is 11.9 Å². The predicted octanol–water partition coefficient (Wildman–Crippen LogP) is 4.56. The number of amides is 1. The van der Waals surface area contributed by atoms with Gasteiger partial charge in [-0.15, -0.1) is 0 Å². The van der Waals surface area contributed by atoms with Crippen LogP contribution in [0.3, 0.4) is 0 Å². The fourth-order valence-electron chi connectivity index (χ4n) is 2.53. The summed E-state index contributed by atoms with van der Waals surface area (Å²) in [6.45, 7) is 12.4. The molecule has 136 valence electrons. The smallest absolute Gasteiger partial charge is 0.328 e. The zero-order chi connectivity index (χ0) is 17.8. The number of unbranched alkanes of at least 4 members (excludes halogenated alkanes) is 4. The Morgan fingerprint density at radius 1 is 0.957 bits per heavy atom. The Bertz CT molecular complexity index is 342. The van der Waals surface area contributed by atoms with E-state index in [1.54, 1.807) is 11.8 Å². The fourth-order valence-corrected chi connectivity index (χ4v) is 2.53. The molecule has 0 radical (unpaired) electrons. The van der Waals surface area contributed by atoms with Gasteiger partial charge in [0.2, 0.25) is 5.91 Å². The molecule has 0 aliphatic carbocycles. The molecule has 4 heteroatoms. The summed E-state index contributed by atoms with van der Waals surface area (Å²) >= 11 is 0. The van der Waals surface area contributed by atoms with Crippen LogP contribution in [0.2, 0.25) is 0 Å². The van der Waals surface area contributed by atoms with Crippen LogP contribution in [0.15, 0.2) is 0 Å². The number of ether oxygens (including phenoxy) is 1. The minimum atomic E-state index is -0.508. The summed E-state index contributed by atoms with van der Waals surface area (Å²) in [6, 6.07) is -0.452. The first kappa shape index (κ1) is 21.9. The van der Waals surface area contributed by atoms with Gasteiger partial charge < -0.3 is 9.64 Å². The third kappa shape index (κ3) is 8.97. The lowest BCUT2D eigenvalue weighted by Crippen LogP contribution is -2.48. The molecule has 0 rings (SSSR count). The third-order valence-electron chi connectivity index (χ3n) is 4.17. The van der Waals surface area contributed by atoms with Gasteiger partial charge in [-0.1, -0.05) is 53.4 Å². The number of nitrogens with zero attached hydrogens (tertiary/aromatic N) is 1. The molecule has 2 unspecified atom stereocenters. The van der Waals surface area contributed by atoms with Crippen LogP contribution in [0.25, 0.3) is 0 Å². The molecule has 0 aromatic rings. The van der Waals surface area contributed by atoms with Gasteiger partial charge in [0.1, 0.15) is 6.04 Å². The molecular formula is C19H37NO3. The van der Waals surface area contributed by atoms with E-state index in [0.29, 0.717) is 18.9 Å². The zero-order valence-electron chi connectivity index (χ0n) is 16.1. The normalized spacial score (nSPS) is 13.7. The molecule has 1 amide bonds. The van der Waals surface area contributed by atoms with E-state index in [0.717, 1.165) is 19.3 Å². The van der Waals surface area contributed by atoms with E-state index >= 15 is 0 Å². The van der Waals surface area contributed by atoms with Crippen molar-refractivity contribution in [3.8, 4) is 0 Å². The van der Waals surface area contributed by atoms with E-state index in [1.165, 1.54) is 19.3 Å². The van der Waals surface area contributed by atoms with Gasteiger partial charge in [-0.05, 0) is 32.6 Å². The molecular weight excluding hydrogens is 290 g/mol. The molecule has 0 spiro atoms. The fraction of sp³-hybridized carbons (Fsp3) is 0.895. The van der Waals surface area contributed by atoms with E-state index in [4.69, 9.17) is 4.74 Å². The SMILES string of the molecule is CCCCCCCC(=O)N(C(C)CC)C(C)C(=O)OCC(C)C. The summed E-state index contributed by atoms with van der Waals surface area (Å²) in [4.78, 5) is 26.5. The second-order valence-electron chi connectivity index (χ2n) is 6.92. The van der Waals surface area contributed by atoms with Crippen molar-refractivity contribution in [2.24, 2.45) is 5.92 Å². The molecule has 0 aliphatic heterocycles. The van der Waals surface area contributed by atoms with Crippen LogP contribution in [0, 0.1) is 5.92 Å². The Morgan fingerprint density at radius 2 is 1.57 bits per heavy atom. The average molecular weight is 328 g/mol. The monoisotopic (exact) mass is 327 g/mol. The summed E-state index contributed by atoms with van der Waals surface area (Å²) in [7, 11) is 0. The standard InChI is InChI=1S/C19H37NO3/c1-7-9-10-11-12-13-18(21)20(16(5)8-2)17(6)19(22)23-14-15(3)4/h15-17H,7-14H2,1-6H3. The molecule has 0 aliphatic rings. The number of rotatable bonds is 12. The van der Waals surface area contributed by atoms with E-state index in [2.05, 4.69) is 6.92 Å². The molecule has 0 saturated carbocycles. The van der Waals surface area contributed by atoms with E-state index in [-0.39, 0.29) is 17.9 Å². The Labute approximate surface area is 143 Å². The second-order valence-corrected chi connectivity index (χ2v) is 6.92. The van der Waals surface area contributed by atoms with Gasteiger partial charge in [-0.25, -0.2) is 4.79 Å². The lowest BCUT2D eigenvalue weighted by atomic mass is 10.1. The molecule has 0 fully saturated rings. The molecule has 2 atom stereocenters. The Morgan fingerprint density at radius 3 is 2.09 bits per heavy atom. The van der Waals surface area contributed by atoms with Gasteiger partial charge in [0, 0.05) is 12.5 Å². The second kappa shape index (κ2) is 12.4. The van der Waals surface area contributed by atoms with Gasteiger partial charge in [-0.3, -0.25) is 4.79 Å². The highest BCUT2D eigenvalue weighted by molar-refractivity contribution is 5.84. The van der Waals surface area contributed by atoms with Crippen molar-refractivity contribution < 1.29 is 14.3 Å². The number of hydrogen-bond donors (Lipinski definition) is 0. The minimum Gasteiger partial charge on any atom is -0.464 e. The van der Waals surface area contributed by atoms with Gasteiger partial charge >= 0.3 is 5.97 Å². The maximum Gasteiger partial charge on any atom is 0.328 e. The quantitative estimate of drug-likeness (QED) is 0.390. The molecule has 0 N–H and O–H groups in total. The Hall–Kier alpha value is -1.06. The van der Waals surface area contributed by atoms with Crippen molar-refractivity contribution in [2.45, 2.75) is 98.6 Å². The van der Waals surface area contributed by atoms with Crippen LogP contribution in [-0.4, -0.2) is 35.5 Å². The highest BCUT2D eigenvalue weighted by atomic mass is 16.5. The average Bonchev–Trinajstić information content (AvgIpc) is 2.52. The molecule has 0 aromatic carbocycles. The molecule has 23 heavy (non-hydrogen) atoms. The molecule has 0 saturated heterocycles. The first-order valence-corrected chi connectivity index (χ1v) is 9.32. The Balaban J connectivity index is 4.59. The van der Waals surface area contributed by atoms with Crippen LogP contribution in [0.1, 0.15) is 86.5 Å². The van der Waals surface area contributed by atoms with Crippen molar-refractivity contribution in [1.82, 2.24) is 4.90 Å². The summed E-state index contributed by atoms with van der Waals surface area (Å²) in [5.41, 5.74) is 0. The van der Waals surface area contributed by atoms with Gasteiger partial charge in [0.25, 0.3) is 0 Å². The first-order valence-electron chi connectivity index (χ1n) is 9.32. The zero-order valence-corrected chi connectivity index (χ0v) is 16.1. The van der Waals surface area contributed by atoms with Crippen LogP contribution in [0.4, 0.5) is 0 Å². The summed E-state index contributed by atoms with van der Waals surface area (Å²) in [5, 5.41) is 0. The van der Waals surface area contributed by atoms with Crippen molar-refractivity contribution in [2.75, 3.05) is 6.61 Å². The molecule has 0 bridgehead atoms. The number of esters is 1. The molecule has 0 heterocycles. The highest BCUT2D eigenvalue weighted by Crippen LogP contribution is 2.15. The highest BCUT2D eigenvalue weighted by Gasteiger charge is 2.30. The van der Waals surface area contributed by atoms with Crippen molar-refractivity contribution in [1.29, 1.82) is 0 Å². The maximum absolute atomic E-state index is 12.6. The van der Waals surface area contributed by atoms with Crippen LogP contribution < -0.4 is 0 Å². The summed E-state index contributed by atoms with van der Waals surface area (Å²) in [6.07, 6.45) is 6.95. The van der Waals surface area contributed by atoms with Crippen molar-refractivity contribution in [3.05, 3.63) is 0 Å². The summed E-state index contributed by atoms with van der Waals surface area (Å²) in [5.74, 6) is 0.0839. The minimum absolute atomic E-state index is 0.0553. The predicted molar refractivity (Wildman–Crippen MR) is 95.2 cm³/mol. The summed E-state index contributed by atoms with van der Waals surface area (Å²) < 4.78 is 5.32. The van der Waals surface area contributed by atoms with Crippen LogP contribution >= 0.6 is 0 Å². The Kier molecular flexibility index (Phi) is 11.8. The lowest BCUT2D eigenvalue weighted by molar-refractivity contribution is -0.157. The van der Waals surface area contributed by atoms with Gasteiger partial charge in [0.15, 0.2) is 0 Å². The lowest BCUT2D eigenvalue weighted by Gasteiger charge is -2.33. The number of carbonyl (C=O) groups is 2. The van der Waals surface area contributed by atoms with E-state index in [9.17, 15) is 9.59 Å². The molecule has 0 aromatic heterocycles. The number of carbonyl (C=O) groups excluding carboxylic acids is 2. The van der Waals surface area contributed by atoms with Crippen molar-refractivity contribution in [3.63, 3.8) is 0 Å². The van der Waals surface area contributed by atoms with Gasteiger partial charge in [0.05, 0.1) is 6.61 Å².